The third-order valence-corrected chi connectivity index (χ3v) is 7.47. The summed E-state index contributed by atoms with van der Waals surface area (Å²) in [4.78, 5) is 22.6. The molecule has 49 heavy (non-hydrogen) atoms. The van der Waals surface area contributed by atoms with Crippen molar-refractivity contribution in [1.29, 1.82) is 0 Å². The van der Waals surface area contributed by atoms with Gasteiger partial charge in [-0.15, -0.1) is 12.3 Å². The first-order chi connectivity index (χ1) is 23.1. The Balaban J connectivity index is 0.000000364. The maximum atomic E-state index is 12.0. The molecule has 0 aromatic heterocycles. The van der Waals surface area contributed by atoms with E-state index in [-0.39, 0.29) is 26.9 Å². The van der Waals surface area contributed by atoms with Crippen LogP contribution in [0.3, 0.4) is 0 Å². The van der Waals surface area contributed by atoms with Gasteiger partial charge in [-0.05, 0) is 78.0 Å². The van der Waals surface area contributed by atoms with Crippen molar-refractivity contribution < 1.29 is 19.1 Å². The molecule has 0 unspecified atom stereocenters. The summed E-state index contributed by atoms with van der Waals surface area (Å²) >= 11 is 0. The molecular formula is C44H50O4S. The second-order valence-corrected chi connectivity index (χ2v) is 10.9. The number of ether oxygens (including phenoxy) is 2. The van der Waals surface area contributed by atoms with Crippen molar-refractivity contribution in [2.24, 2.45) is 0 Å². The number of fused-ring (bicyclic) bond motifs is 2. The van der Waals surface area contributed by atoms with Gasteiger partial charge in [0, 0.05) is 18.8 Å². The van der Waals surface area contributed by atoms with Gasteiger partial charge in [0.1, 0.15) is 0 Å². The standard InChI is InChI=1S/C15H14O2.C15H16O2.C13H14.CH4.H2S/c1-17-15(16)14-12-7-3-2-5-10(12)9-11-6-4-8-13(11)14;1-17-15(16)13-9-4-2-3-6-10-14-11-7-5-8-12-14;1-2-3-4-5-7-10-13-11-8-6-9-12-13;;/h2-3,5,7,9H,4,6,8H2,1H3;5-8,10-12H,2-4H2,1H3;1,6-12H,3-5H2;1H4;1H2/b;10-6+;10-7+;;. The number of benzene rings is 4. The lowest BCUT2D eigenvalue weighted by Gasteiger charge is -2.11. The van der Waals surface area contributed by atoms with Crippen molar-refractivity contribution in [3.05, 3.63) is 131 Å². The van der Waals surface area contributed by atoms with Gasteiger partial charge in [-0.3, -0.25) is 0 Å². The monoisotopic (exact) mass is 674 g/mol. The van der Waals surface area contributed by atoms with Crippen LogP contribution in [0, 0.1) is 24.2 Å². The minimum absolute atomic E-state index is 0. The quantitative estimate of drug-likeness (QED) is 0.0767. The van der Waals surface area contributed by atoms with Crippen molar-refractivity contribution in [2.45, 2.75) is 65.2 Å². The minimum atomic E-state index is -0.468. The number of terminal acetylenes is 1. The van der Waals surface area contributed by atoms with Crippen molar-refractivity contribution in [1.82, 2.24) is 0 Å². The van der Waals surface area contributed by atoms with Gasteiger partial charge >= 0.3 is 11.9 Å². The smallest absolute Gasteiger partial charge is 0.384 e. The van der Waals surface area contributed by atoms with Crippen molar-refractivity contribution in [3.8, 4) is 24.2 Å². The number of carbonyl (C=O) groups is 2. The molecule has 0 saturated carbocycles. The molecule has 0 aliphatic heterocycles. The highest BCUT2D eigenvalue weighted by Crippen LogP contribution is 2.32. The molecule has 4 aromatic rings. The minimum Gasteiger partial charge on any atom is -0.465 e. The number of rotatable bonds is 9. The number of hydrogen-bond donors (Lipinski definition) is 0. The largest absolute Gasteiger partial charge is 0.465 e. The number of hydrogen-bond acceptors (Lipinski definition) is 4. The number of methoxy groups -OCH3 is 2. The van der Waals surface area contributed by atoms with E-state index in [1.54, 1.807) is 0 Å². The molecule has 1 aliphatic rings. The summed E-state index contributed by atoms with van der Waals surface area (Å²) in [5, 5.41) is 2.15. The SMILES string of the molecule is C.C#CCCC/C=C/c1ccccc1.COC(=O)C#CCCC/C=C/c1ccccc1.COC(=O)c1c2c(cc3ccccc13)CCC2.S. The molecule has 0 bridgehead atoms. The Bertz CT molecular complexity index is 1720. The van der Waals surface area contributed by atoms with E-state index < -0.39 is 5.97 Å². The maximum absolute atomic E-state index is 12.0. The highest BCUT2D eigenvalue weighted by molar-refractivity contribution is 7.59. The average Bonchev–Trinajstić information content (AvgIpc) is 3.59. The van der Waals surface area contributed by atoms with Crippen LogP contribution in [0.25, 0.3) is 22.9 Å². The van der Waals surface area contributed by atoms with E-state index >= 15 is 0 Å². The normalized spacial score (nSPS) is 10.8. The Hall–Kier alpha value is -4.97. The summed E-state index contributed by atoms with van der Waals surface area (Å²) in [6.07, 6.45) is 22.5. The van der Waals surface area contributed by atoms with Gasteiger partial charge in [0.2, 0.25) is 0 Å². The summed E-state index contributed by atoms with van der Waals surface area (Å²) in [6, 6.07) is 30.7. The van der Waals surface area contributed by atoms with Crippen LogP contribution >= 0.6 is 13.5 Å². The second-order valence-electron chi connectivity index (χ2n) is 10.9. The molecule has 0 heterocycles. The third-order valence-electron chi connectivity index (χ3n) is 7.47. The van der Waals surface area contributed by atoms with Crippen LogP contribution in [0.1, 0.15) is 85.0 Å². The first-order valence-electron chi connectivity index (χ1n) is 16.1. The lowest BCUT2D eigenvalue weighted by molar-refractivity contribution is -0.133. The second kappa shape index (κ2) is 25.1. The van der Waals surface area contributed by atoms with Crippen molar-refractivity contribution >= 4 is 48.4 Å². The number of esters is 2. The Morgan fingerprint density at radius 2 is 1.35 bits per heavy atom. The van der Waals surface area contributed by atoms with E-state index in [0.29, 0.717) is 6.42 Å². The predicted octanol–water partition coefficient (Wildman–Crippen LogP) is 10.4. The molecule has 1 aliphatic carbocycles. The fourth-order valence-electron chi connectivity index (χ4n) is 5.13. The molecule has 0 saturated heterocycles. The van der Waals surface area contributed by atoms with Crippen LogP contribution in [0.15, 0.2) is 103 Å². The van der Waals surface area contributed by atoms with Gasteiger partial charge < -0.3 is 9.47 Å². The number of carbonyl (C=O) groups excluding carboxylic acids is 2. The summed E-state index contributed by atoms with van der Waals surface area (Å²) < 4.78 is 9.34. The van der Waals surface area contributed by atoms with Crippen molar-refractivity contribution in [2.75, 3.05) is 14.2 Å². The molecule has 0 spiro atoms. The number of allylic oxidation sites excluding steroid dienone is 2. The molecular weight excluding hydrogens is 625 g/mol. The van der Waals surface area contributed by atoms with Crippen LogP contribution in [-0.4, -0.2) is 26.2 Å². The van der Waals surface area contributed by atoms with E-state index in [1.807, 2.05) is 54.6 Å². The van der Waals surface area contributed by atoms with Crippen LogP contribution in [0.5, 0.6) is 0 Å². The van der Waals surface area contributed by atoms with Crippen molar-refractivity contribution in [3.63, 3.8) is 0 Å². The fraction of sp³-hybridized carbons (Fsp3) is 0.273. The van der Waals surface area contributed by atoms with Crippen LogP contribution < -0.4 is 0 Å². The van der Waals surface area contributed by atoms with Gasteiger partial charge in [-0.2, -0.15) is 13.5 Å². The predicted molar refractivity (Wildman–Crippen MR) is 212 cm³/mol. The Morgan fingerprint density at radius 1 is 0.776 bits per heavy atom. The van der Waals surface area contributed by atoms with Crippen LogP contribution in [0.4, 0.5) is 0 Å². The molecule has 0 fully saturated rings. The Morgan fingerprint density at radius 3 is 1.92 bits per heavy atom. The maximum Gasteiger partial charge on any atom is 0.384 e. The topological polar surface area (TPSA) is 52.6 Å². The summed E-state index contributed by atoms with van der Waals surface area (Å²) in [5.74, 6) is 7.14. The van der Waals surface area contributed by atoms with E-state index in [0.717, 1.165) is 67.7 Å². The third kappa shape index (κ3) is 15.2. The molecule has 5 heteroatoms. The molecule has 0 radical (unpaired) electrons. The number of aryl methyl sites for hydroxylation is 1. The molecule has 4 aromatic carbocycles. The van der Waals surface area contributed by atoms with Crippen LogP contribution in [0.2, 0.25) is 0 Å². The molecule has 256 valence electrons. The Labute approximate surface area is 301 Å². The van der Waals surface area contributed by atoms with Gasteiger partial charge in [-0.1, -0.05) is 129 Å². The van der Waals surface area contributed by atoms with Gasteiger partial charge in [-0.25, -0.2) is 9.59 Å². The molecule has 0 atom stereocenters. The van der Waals surface area contributed by atoms with E-state index in [2.05, 4.69) is 83.2 Å². The van der Waals surface area contributed by atoms with E-state index in [4.69, 9.17) is 11.2 Å². The zero-order chi connectivity index (χ0) is 33.5. The van der Waals surface area contributed by atoms with Crippen LogP contribution in [-0.2, 0) is 27.1 Å². The first kappa shape index (κ1) is 42.1. The lowest BCUT2D eigenvalue weighted by Crippen LogP contribution is -2.06. The fourth-order valence-corrected chi connectivity index (χ4v) is 5.13. The zero-order valence-corrected chi connectivity index (χ0v) is 29.0. The lowest BCUT2D eigenvalue weighted by atomic mass is 9.95. The molecule has 4 nitrogen and oxygen atoms in total. The average molecular weight is 675 g/mol. The molecule has 5 rings (SSSR count). The first-order valence-corrected chi connectivity index (χ1v) is 16.1. The zero-order valence-electron chi connectivity index (χ0n) is 28.0. The highest BCUT2D eigenvalue weighted by atomic mass is 32.1. The molecule has 0 amide bonds. The van der Waals surface area contributed by atoms with Gasteiger partial charge in [0.05, 0.1) is 19.8 Å². The summed E-state index contributed by atoms with van der Waals surface area (Å²) in [7, 11) is 2.78. The van der Waals surface area contributed by atoms with Gasteiger partial charge in [0.15, 0.2) is 0 Å². The highest BCUT2D eigenvalue weighted by Gasteiger charge is 2.22. The number of unbranched alkanes of at least 4 members (excludes halogenated alkanes) is 4. The molecule has 0 N–H and O–H groups in total. The summed E-state index contributed by atoms with van der Waals surface area (Å²) in [5.41, 5.74) is 5.73. The van der Waals surface area contributed by atoms with E-state index in [1.165, 1.54) is 36.5 Å². The Kier molecular flexibility index (Phi) is 21.5. The van der Waals surface area contributed by atoms with E-state index in [9.17, 15) is 9.59 Å². The summed E-state index contributed by atoms with van der Waals surface area (Å²) in [6.45, 7) is 0. The van der Waals surface area contributed by atoms with Gasteiger partial charge in [0.25, 0.3) is 0 Å².